The van der Waals surface area contributed by atoms with E-state index in [9.17, 15) is 0 Å². The van der Waals surface area contributed by atoms with Crippen LogP contribution in [0.25, 0.3) is 0 Å². The van der Waals surface area contributed by atoms with Crippen molar-refractivity contribution in [2.75, 3.05) is 19.7 Å². The summed E-state index contributed by atoms with van der Waals surface area (Å²) in [7, 11) is 0. The van der Waals surface area contributed by atoms with E-state index in [4.69, 9.17) is 4.74 Å². The molecule has 1 atom stereocenters. The predicted molar refractivity (Wildman–Crippen MR) is 62.6 cm³/mol. The molecule has 0 radical (unpaired) electrons. The molecule has 0 fully saturated rings. The Morgan fingerprint density at radius 1 is 0.929 bits per heavy atom. The van der Waals surface area contributed by atoms with Crippen molar-refractivity contribution in [1.29, 1.82) is 0 Å². The molecule has 0 heterocycles. The SMILES string of the molecule is CC(C)CCOC(C)CNCC(C)C. The van der Waals surface area contributed by atoms with Gasteiger partial charge in [0.25, 0.3) is 0 Å². The highest BCUT2D eigenvalue weighted by molar-refractivity contribution is 4.57. The Labute approximate surface area is 89.4 Å². The molecule has 0 saturated heterocycles. The van der Waals surface area contributed by atoms with E-state index in [1.54, 1.807) is 0 Å². The second-order valence-electron chi connectivity index (χ2n) is 4.92. The Hall–Kier alpha value is -0.0800. The Morgan fingerprint density at radius 2 is 1.57 bits per heavy atom. The van der Waals surface area contributed by atoms with Gasteiger partial charge in [0.05, 0.1) is 6.10 Å². The molecule has 0 aliphatic carbocycles. The van der Waals surface area contributed by atoms with Gasteiger partial charge < -0.3 is 10.1 Å². The standard InChI is InChI=1S/C12H27NO/c1-10(2)6-7-14-12(5)9-13-8-11(3)4/h10-13H,6-9H2,1-5H3. The van der Waals surface area contributed by atoms with Crippen molar-refractivity contribution in [1.82, 2.24) is 5.32 Å². The van der Waals surface area contributed by atoms with Gasteiger partial charge >= 0.3 is 0 Å². The van der Waals surface area contributed by atoms with Gasteiger partial charge in [-0.05, 0) is 31.7 Å². The van der Waals surface area contributed by atoms with Gasteiger partial charge in [-0.15, -0.1) is 0 Å². The summed E-state index contributed by atoms with van der Waals surface area (Å²) in [5, 5.41) is 3.40. The van der Waals surface area contributed by atoms with Gasteiger partial charge in [-0.3, -0.25) is 0 Å². The molecule has 1 unspecified atom stereocenters. The van der Waals surface area contributed by atoms with E-state index >= 15 is 0 Å². The highest BCUT2D eigenvalue weighted by atomic mass is 16.5. The molecule has 1 N–H and O–H groups in total. The van der Waals surface area contributed by atoms with Crippen LogP contribution in [0.15, 0.2) is 0 Å². The highest BCUT2D eigenvalue weighted by Crippen LogP contribution is 2.00. The first-order valence-electron chi connectivity index (χ1n) is 5.84. The summed E-state index contributed by atoms with van der Waals surface area (Å²) in [6.07, 6.45) is 1.50. The lowest BCUT2D eigenvalue weighted by atomic mass is 10.1. The van der Waals surface area contributed by atoms with E-state index in [0.29, 0.717) is 6.10 Å². The summed E-state index contributed by atoms with van der Waals surface area (Å²) in [5.41, 5.74) is 0. The zero-order valence-electron chi connectivity index (χ0n) is 10.5. The van der Waals surface area contributed by atoms with E-state index < -0.39 is 0 Å². The molecule has 0 aromatic rings. The first-order chi connectivity index (χ1) is 6.52. The maximum absolute atomic E-state index is 5.67. The van der Waals surface area contributed by atoms with Crippen LogP contribution in [0.1, 0.15) is 41.0 Å². The van der Waals surface area contributed by atoms with Gasteiger partial charge in [-0.25, -0.2) is 0 Å². The molecule has 0 amide bonds. The van der Waals surface area contributed by atoms with Crippen LogP contribution in [0.5, 0.6) is 0 Å². The molecule has 0 rings (SSSR count). The summed E-state index contributed by atoms with van der Waals surface area (Å²) in [5.74, 6) is 1.46. The number of hydrogen-bond acceptors (Lipinski definition) is 2. The van der Waals surface area contributed by atoms with Crippen molar-refractivity contribution >= 4 is 0 Å². The lowest BCUT2D eigenvalue weighted by molar-refractivity contribution is 0.0584. The minimum absolute atomic E-state index is 0.340. The largest absolute Gasteiger partial charge is 0.377 e. The zero-order valence-corrected chi connectivity index (χ0v) is 10.5. The predicted octanol–water partition coefficient (Wildman–Crippen LogP) is 2.68. The molecule has 0 aliphatic heterocycles. The van der Waals surface area contributed by atoms with E-state index in [1.807, 2.05) is 0 Å². The molecule has 86 valence electrons. The van der Waals surface area contributed by atoms with Crippen LogP contribution < -0.4 is 5.32 Å². The number of hydrogen-bond donors (Lipinski definition) is 1. The maximum atomic E-state index is 5.67. The molecule has 0 saturated carbocycles. The third-order valence-corrected chi connectivity index (χ3v) is 2.08. The summed E-state index contributed by atoms with van der Waals surface area (Å²) in [6.45, 7) is 14.0. The van der Waals surface area contributed by atoms with Crippen molar-refractivity contribution in [2.45, 2.75) is 47.1 Å². The minimum atomic E-state index is 0.340. The Bertz CT molecular complexity index is 109. The summed E-state index contributed by atoms with van der Waals surface area (Å²) in [6, 6.07) is 0. The summed E-state index contributed by atoms with van der Waals surface area (Å²) in [4.78, 5) is 0. The van der Waals surface area contributed by atoms with Crippen molar-refractivity contribution in [2.24, 2.45) is 11.8 Å². The summed E-state index contributed by atoms with van der Waals surface area (Å²) >= 11 is 0. The number of ether oxygens (including phenoxy) is 1. The average Bonchev–Trinajstić information content (AvgIpc) is 2.02. The molecule has 0 bridgehead atoms. The lowest BCUT2D eigenvalue weighted by Gasteiger charge is -2.15. The van der Waals surface area contributed by atoms with Crippen LogP contribution in [0, 0.1) is 11.8 Å². The van der Waals surface area contributed by atoms with E-state index in [-0.39, 0.29) is 0 Å². The molecule has 2 nitrogen and oxygen atoms in total. The van der Waals surface area contributed by atoms with Crippen molar-refractivity contribution in [3.8, 4) is 0 Å². The number of nitrogens with one attached hydrogen (secondary N) is 1. The Morgan fingerprint density at radius 3 is 2.07 bits per heavy atom. The van der Waals surface area contributed by atoms with E-state index in [1.165, 1.54) is 0 Å². The van der Waals surface area contributed by atoms with Gasteiger partial charge in [0.15, 0.2) is 0 Å². The quantitative estimate of drug-likeness (QED) is 0.652. The molecule has 0 aromatic heterocycles. The Kier molecular flexibility index (Phi) is 8.20. The molecule has 0 aromatic carbocycles. The van der Waals surface area contributed by atoms with Gasteiger partial charge in [-0.1, -0.05) is 27.7 Å². The topological polar surface area (TPSA) is 21.3 Å². The molecule has 2 heteroatoms. The van der Waals surface area contributed by atoms with Crippen LogP contribution in [-0.4, -0.2) is 25.8 Å². The molecular formula is C12H27NO. The zero-order chi connectivity index (χ0) is 11.0. The molecule has 0 spiro atoms. The van der Waals surface area contributed by atoms with Crippen LogP contribution in [0.2, 0.25) is 0 Å². The molecule has 0 aliphatic rings. The fraction of sp³-hybridized carbons (Fsp3) is 1.00. The maximum Gasteiger partial charge on any atom is 0.0671 e. The van der Waals surface area contributed by atoms with Crippen LogP contribution in [-0.2, 0) is 4.74 Å². The van der Waals surface area contributed by atoms with Crippen LogP contribution >= 0.6 is 0 Å². The highest BCUT2D eigenvalue weighted by Gasteiger charge is 2.02. The third-order valence-electron chi connectivity index (χ3n) is 2.08. The lowest BCUT2D eigenvalue weighted by Crippen LogP contribution is -2.30. The Balaban J connectivity index is 3.23. The van der Waals surface area contributed by atoms with Crippen molar-refractivity contribution in [3.63, 3.8) is 0 Å². The van der Waals surface area contributed by atoms with Crippen LogP contribution in [0.3, 0.4) is 0 Å². The van der Waals surface area contributed by atoms with Crippen LogP contribution in [0.4, 0.5) is 0 Å². The van der Waals surface area contributed by atoms with Crippen molar-refractivity contribution in [3.05, 3.63) is 0 Å². The fourth-order valence-corrected chi connectivity index (χ4v) is 1.14. The second-order valence-corrected chi connectivity index (χ2v) is 4.92. The van der Waals surface area contributed by atoms with Gasteiger partial charge in [0, 0.05) is 13.2 Å². The van der Waals surface area contributed by atoms with Gasteiger partial charge in [0.2, 0.25) is 0 Å². The summed E-state index contributed by atoms with van der Waals surface area (Å²) < 4.78 is 5.67. The minimum Gasteiger partial charge on any atom is -0.377 e. The fourth-order valence-electron chi connectivity index (χ4n) is 1.14. The normalized spacial score (nSPS) is 13.9. The molecular weight excluding hydrogens is 174 g/mol. The second kappa shape index (κ2) is 8.25. The molecule has 14 heavy (non-hydrogen) atoms. The van der Waals surface area contributed by atoms with E-state index in [2.05, 4.69) is 39.9 Å². The average molecular weight is 201 g/mol. The van der Waals surface area contributed by atoms with Gasteiger partial charge in [0.1, 0.15) is 0 Å². The third kappa shape index (κ3) is 10.0. The number of rotatable bonds is 8. The van der Waals surface area contributed by atoms with E-state index in [0.717, 1.165) is 38.0 Å². The smallest absolute Gasteiger partial charge is 0.0671 e. The van der Waals surface area contributed by atoms with Crippen molar-refractivity contribution < 1.29 is 4.74 Å². The monoisotopic (exact) mass is 201 g/mol. The first-order valence-corrected chi connectivity index (χ1v) is 5.84. The van der Waals surface area contributed by atoms with Gasteiger partial charge in [-0.2, -0.15) is 0 Å². The first kappa shape index (κ1) is 13.9.